The van der Waals surface area contributed by atoms with Crippen LogP contribution in [0.25, 0.3) is 10.9 Å². The highest BCUT2D eigenvalue weighted by atomic mass is 32.2. The SMILES string of the molecule is COc1ccc(N2C(=O)CC(Sc3nc(C)c4ccccc4n3)C2=O)cc1. The molecule has 1 atom stereocenters. The van der Waals surface area contributed by atoms with E-state index in [1.54, 1.807) is 31.4 Å². The predicted octanol–water partition coefficient (Wildman–Crippen LogP) is 3.37. The summed E-state index contributed by atoms with van der Waals surface area (Å²) in [4.78, 5) is 35.5. The lowest BCUT2D eigenvalue weighted by Gasteiger charge is -2.15. The average Bonchev–Trinajstić information content (AvgIpc) is 2.95. The van der Waals surface area contributed by atoms with Crippen molar-refractivity contribution in [3.63, 3.8) is 0 Å². The van der Waals surface area contributed by atoms with Crippen LogP contribution < -0.4 is 9.64 Å². The Morgan fingerprint density at radius 1 is 1.07 bits per heavy atom. The maximum absolute atomic E-state index is 12.8. The average molecular weight is 379 g/mol. The lowest BCUT2D eigenvalue weighted by Crippen LogP contribution is -2.31. The van der Waals surface area contributed by atoms with Gasteiger partial charge in [-0.25, -0.2) is 14.9 Å². The Kier molecular flexibility index (Phi) is 4.53. The van der Waals surface area contributed by atoms with Crippen molar-refractivity contribution in [3.05, 3.63) is 54.2 Å². The van der Waals surface area contributed by atoms with Gasteiger partial charge in [-0.05, 0) is 37.3 Å². The van der Waals surface area contributed by atoms with Crippen LogP contribution in [0.1, 0.15) is 12.1 Å². The van der Waals surface area contributed by atoms with Gasteiger partial charge in [0, 0.05) is 17.5 Å². The smallest absolute Gasteiger partial charge is 0.247 e. The fraction of sp³-hybridized carbons (Fsp3) is 0.200. The summed E-state index contributed by atoms with van der Waals surface area (Å²) in [5.41, 5.74) is 2.23. The molecule has 0 N–H and O–H groups in total. The number of hydrogen-bond acceptors (Lipinski definition) is 6. The molecule has 3 aromatic rings. The van der Waals surface area contributed by atoms with Crippen molar-refractivity contribution in [2.24, 2.45) is 0 Å². The molecule has 0 radical (unpaired) electrons. The number of ether oxygens (including phenoxy) is 1. The summed E-state index contributed by atoms with van der Waals surface area (Å²) in [5.74, 6) is 0.202. The number of anilines is 1. The molecule has 27 heavy (non-hydrogen) atoms. The van der Waals surface area contributed by atoms with Crippen molar-refractivity contribution in [3.8, 4) is 5.75 Å². The normalized spacial score (nSPS) is 17.0. The first kappa shape index (κ1) is 17.5. The quantitative estimate of drug-likeness (QED) is 0.511. The first-order valence-corrected chi connectivity index (χ1v) is 9.35. The maximum Gasteiger partial charge on any atom is 0.247 e. The molecule has 1 fully saturated rings. The van der Waals surface area contributed by atoms with Crippen LogP contribution in [0.4, 0.5) is 5.69 Å². The third-order valence-electron chi connectivity index (χ3n) is 4.46. The molecule has 4 rings (SSSR count). The highest BCUT2D eigenvalue weighted by Gasteiger charge is 2.40. The number of para-hydroxylation sites is 1. The summed E-state index contributed by atoms with van der Waals surface area (Å²) in [5, 5.41) is 0.963. The summed E-state index contributed by atoms with van der Waals surface area (Å²) in [7, 11) is 1.57. The molecule has 0 bridgehead atoms. The van der Waals surface area contributed by atoms with Crippen LogP contribution in [0.15, 0.2) is 53.7 Å². The van der Waals surface area contributed by atoms with Crippen molar-refractivity contribution in [2.75, 3.05) is 12.0 Å². The third-order valence-corrected chi connectivity index (χ3v) is 5.50. The molecule has 0 spiro atoms. The summed E-state index contributed by atoms with van der Waals surface area (Å²) < 4.78 is 5.12. The first-order chi connectivity index (χ1) is 13.1. The molecule has 6 nitrogen and oxygen atoms in total. The molecule has 0 aliphatic carbocycles. The second-order valence-electron chi connectivity index (χ2n) is 6.18. The van der Waals surface area contributed by atoms with Gasteiger partial charge in [-0.1, -0.05) is 30.0 Å². The van der Waals surface area contributed by atoms with Crippen molar-refractivity contribution < 1.29 is 14.3 Å². The van der Waals surface area contributed by atoms with Crippen LogP contribution >= 0.6 is 11.8 Å². The van der Waals surface area contributed by atoms with E-state index in [0.717, 1.165) is 16.6 Å². The lowest BCUT2D eigenvalue weighted by atomic mass is 10.2. The van der Waals surface area contributed by atoms with Crippen molar-refractivity contribution in [1.29, 1.82) is 0 Å². The molecule has 1 aromatic heterocycles. The topological polar surface area (TPSA) is 72.4 Å². The molecule has 1 aliphatic heterocycles. The summed E-state index contributed by atoms with van der Waals surface area (Å²) in [6, 6.07) is 14.6. The van der Waals surface area contributed by atoms with Gasteiger partial charge in [-0.2, -0.15) is 0 Å². The van der Waals surface area contributed by atoms with Crippen LogP contribution in [-0.4, -0.2) is 34.1 Å². The first-order valence-electron chi connectivity index (χ1n) is 8.47. The van der Waals surface area contributed by atoms with E-state index in [2.05, 4.69) is 9.97 Å². The molecule has 2 aromatic carbocycles. The Bertz CT molecular complexity index is 1040. The lowest BCUT2D eigenvalue weighted by molar-refractivity contribution is -0.121. The van der Waals surface area contributed by atoms with Gasteiger partial charge in [-0.3, -0.25) is 9.59 Å². The number of benzene rings is 2. The van der Waals surface area contributed by atoms with Gasteiger partial charge in [-0.15, -0.1) is 0 Å². The van der Waals surface area contributed by atoms with E-state index in [9.17, 15) is 9.59 Å². The predicted molar refractivity (Wildman–Crippen MR) is 104 cm³/mol. The zero-order chi connectivity index (χ0) is 19.0. The highest BCUT2D eigenvalue weighted by molar-refractivity contribution is 8.00. The molecular formula is C20H17N3O3S. The number of rotatable bonds is 4. The van der Waals surface area contributed by atoms with Gasteiger partial charge in [0.1, 0.15) is 11.0 Å². The number of methoxy groups -OCH3 is 1. The largest absolute Gasteiger partial charge is 0.497 e. The molecule has 1 saturated heterocycles. The number of carbonyl (C=O) groups excluding carboxylic acids is 2. The second kappa shape index (κ2) is 7.00. The van der Waals surface area contributed by atoms with E-state index in [4.69, 9.17) is 4.74 Å². The van der Waals surface area contributed by atoms with Gasteiger partial charge >= 0.3 is 0 Å². The number of hydrogen-bond donors (Lipinski definition) is 0. The van der Waals surface area contributed by atoms with E-state index >= 15 is 0 Å². The minimum absolute atomic E-state index is 0.130. The van der Waals surface area contributed by atoms with E-state index in [1.807, 2.05) is 31.2 Å². The van der Waals surface area contributed by atoms with Crippen LogP contribution in [0, 0.1) is 6.92 Å². The highest BCUT2D eigenvalue weighted by Crippen LogP contribution is 2.33. The van der Waals surface area contributed by atoms with E-state index < -0.39 is 5.25 Å². The number of fused-ring (bicyclic) bond motifs is 1. The molecule has 2 amide bonds. The Morgan fingerprint density at radius 2 is 1.81 bits per heavy atom. The maximum atomic E-state index is 12.8. The molecule has 0 saturated carbocycles. The molecule has 2 heterocycles. The van der Waals surface area contributed by atoms with Crippen molar-refractivity contribution in [1.82, 2.24) is 9.97 Å². The summed E-state index contributed by atoms with van der Waals surface area (Å²) in [6.07, 6.45) is 0.130. The number of aromatic nitrogens is 2. The zero-order valence-corrected chi connectivity index (χ0v) is 15.7. The minimum Gasteiger partial charge on any atom is -0.497 e. The number of amides is 2. The standard InChI is InChI=1S/C20H17N3O3S/c1-12-15-5-3-4-6-16(15)22-20(21-12)27-17-11-18(24)23(19(17)25)13-7-9-14(26-2)10-8-13/h3-10,17H,11H2,1-2H3. The third kappa shape index (κ3) is 3.26. The number of carbonyl (C=O) groups is 2. The van der Waals surface area contributed by atoms with E-state index in [0.29, 0.717) is 16.6 Å². The Hall–Kier alpha value is -2.93. The van der Waals surface area contributed by atoms with Crippen molar-refractivity contribution in [2.45, 2.75) is 23.8 Å². The van der Waals surface area contributed by atoms with Crippen LogP contribution in [0.3, 0.4) is 0 Å². The van der Waals surface area contributed by atoms with E-state index in [-0.39, 0.29) is 18.2 Å². The number of nitrogens with zero attached hydrogens (tertiary/aromatic N) is 3. The summed E-state index contributed by atoms with van der Waals surface area (Å²) >= 11 is 1.24. The fourth-order valence-corrected chi connectivity index (χ4v) is 4.11. The number of imide groups is 1. The van der Waals surface area contributed by atoms with Gasteiger partial charge < -0.3 is 4.74 Å². The Morgan fingerprint density at radius 3 is 2.56 bits per heavy atom. The molecule has 1 unspecified atom stereocenters. The second-order valence-corrected chi connectivity index (χ2v) is 7.35. The summed E-state index contributed by atoms with van der Waals surface area (Å²) in [6.45, 7) is 1.92. The molecule has 136 valence electrons. The Balaban J connectivity index is 1.58. The Labute approximate surface area is 160 Å². The monoisotopic (exact) mass is 379 g/mol. The van der Waals surface area contributed by atoms with Crippen molar-refractivity contribution >= 4 is 40.2 Å². The van der Waals surface area contributed by atoms with Gasteiger partial charge in [0.15, 0.2) is 5.16 Å². The molecule has 7 heteroatoms. The number of thioether (sulfide) groups is 1. The molecular weight excluding hydrogens is 362 g/mol. The van der Waals surface area contributed by atoms with Crippen LogP contribution in [-0.2, 0) is 9.59 Å². The van der Waals surface area contributed by atoms with E-state index in [1.165, 1.54) is 16.7 Å². The zero-order valence-electron chi connectivity index (χ0n) is 14.9. The minimum atomic E-state index is -0.528. The van der Waals surface area contributed by atoms with Crippen LogP contribution in [0.2, 0.25) is 0 Å². The molecule has 1 aliphatic rings. The van der Waals surface area contributed by atoms with Crippen LogP contribution in [0.5, 0.6) is 5.75 Å². The van der Waals surface area contributed by atoms with Gasteiger partial charge in [0.05, 0.1) is 18.3 Å². The van der Waals surface area contributed by atoms with Gasteiger partial charge in [0.2, 0.25) is 11.8 Å². The van der Waals surface area contributed by atoms with Gasteiger partial charge in [0.25, 0.3) is 0 Å². The fourth-order valence-electron chi connectivity index (χ4n) is 3.09. The number of aryl methyl sites for hydroxylation is 1.